The second-order valence-electron chi connectivity index (χ2n) is 5.89. The van der Waals surface area contributed by atoms with E-state index in [2.05, 4.69) is 11.4 Å². The van der Waals surface area contributed by atoms with Gasteiger partial charge in [-0.1, -0.05) is 29.3 Å². The minimum Gasteiger partial charge on any atom is -0.762 e. The van der Waals surface area contributed by atoms with Gasteiger partial charge in [-0.3, -0.25) is 0 Å². The molecule has 24 heavy (non-hydrogen) atoms. The van der Waals surface area contributed by atoms with Crippen LogP contribution in [-0.2, 0) is 12.6 Å². The van der Waals surface area contributed by atoms with Crippen molar-refractivity contribution in [3.8, 4) is 6.07 Å². The predicted molar refractivity (Wildman–Crippen MR) is 88.6 cm³/mol. The van der Waals surface area contributed by atoms with Crippen molar-refractivity contribution in [2.75, 3.05) is 0 Å². The Balaban J connectivity index is 2.27. The highest BCUT2D eigenvalue weighted by atomic mass is 32.1. The summed E-state index contributed by atoms with van der Waals surface area (Å²) in [6.07, 6.45) is 3.55. The Morgan fingerprint density at radius 3 is 2.54 bits per heavy atom. The van der Waals surface area contributed by atoms with Crippen LogP contribution >= 0.6 is 0 Å². The van der Waals surface area contributed by atoms with Crippen LogP contribution in [0.1, 0.15) is 24.4 Å². The number of hydrogen-bond donors (Lipinski definition) is 2. The highest BCUT2D eigenvalue weighted by Crippen LogP contribution is 2.42. The van der Waals surface area contributed by atoms with Crippen LogP contribution in [0.25, 0.3) is 0 Å². The van der Waals surface area contributed by atoms with E-state index in [0.29, 0.717) is 5.56 Å². The van der Waals surface area contributed by atoms with Gasteiger partial charge in [0, 0.05) is 23.3 Å². The van der Waals surface area contributed by atoms with E-state index in [-0.39, 0.29) is 10.6 Å². The summed E-state index contributed by atoms with van der Waals surface area (Å²) in [4.78, 5) is 0. The molecule has 1 aliphatic rings. The molecule has 1 aromatic heterocycles. The highest BCUT2D eigenvalue weighted by Gasteiger charge is 2.50. The number of nitrogens with zero attached hydrogens (tertiary/aromatic N) is 2. The molecule has 0 bridgehead atoms. The molecule has 0 fully saturated rings. The third kappa shape index (κ3) is 2.73. The van der Waals surface area contributed by atoms with Gasteiger partial charge in [-0.05, 0) is 13.0 Å². The van der Waals surface area contributed by atoms with Gasteiger partial charge in [0.2, 0.25) is 6.04 Å². The number of aromatic nitrogens is 1. The molecule has 2 N–H and O–H groups in total. The normalized spacial score (nSPS) is 26.6. The van der Waals surface area contributed by atoms with Gasteiger partial charge in [0.1, 0.15) is 5.82 Å². The average Bonchev–Trinajstić information content (AvgIpc) is 2.55. The highest BCUT2D eigenvalue weighted by molar-refractivity contribution is 7.63. The van der Waals surface area contributed by atoms with Crippen molar-refractivity contribution in [2.24, 2.45) is 0 Å². The van der Waals surface area contributed by atoms with Crippen LogP contribution in [0.2, 0.25) is 0 Å². The molecular weight excluding hydrogens is 325 g/mol. The number of nitrogens with one attached hydrogen (secondary N) is 1. The van der Waals surface area contributed by atoms with Crippen LogP contribution in [0.3, 0.4) is 0 Å². The molecular formula is C18H16FN3OS. The monoisotopic (exact) mass is 341 g/mol. The van der Waals surface area contributed by atoms with Gasteiger partial charge in [0.25, 0.3) is 0 Å². The molecule has 122 valence electrons. The topological polar surface area (TPSA) is 59.9 Å². The van der Waals surface area contributed by atoms with Gasteiger partial charge < -0.3 is 23.1 Å². The number of hydrogen-bond acceptors (Lipinski definition) is 4. The van der Waals surface area contributed by atoms with Crippen molar-refractivity contribution >= 4 is 12.6 Å². The smallest absolute Gasteiger partial charge is 0.216 e. The number of rotatable bonds is 2. The summed E-state index contributed by atoms with van der Waals surface area (Å²) in [5.74, 6) is -1.13. The van der Waals surface area contributed by atoms with E-state index in [4.69, 9.17) is 12.6 Å². The number of nitriles is 1. The zero-order chi connectivity index (χ0) is 17.3. The van der Waals surface area contributed by atoms with Crippen molar-refractivity contribution in [3.05, 3.63) is 76.8 Å². The molecule has 1 aromatic carbocycles. The van der Waals surface area contributed by atoms with Crippen molar-refractivity contribution in [2.45, 2.75) is 24.6 Å². The Kier molecular flexibility index (Phi) is 4.22. The van der Waals surface area contributed by atoms with E-state index in [1.807, 2.05) is 18.2 Å². The Morgan fingerprint density at radius 1 is 1.25 bits per heavy atom. The van der Waals surface area contributed by atoms with E-state index in [1.54, 1.807) is 42.1 Å². The molecule has 2 aromatic rings. The molecule has 1 aliphatic heterocycles. The van der Waals surface area contributed by atoms with E-state index < -0.39 is 23.5 Å². The number of benzene rings is 1. The quantitative estimate of drug-likeness (QED) is 0.648. The first kappa shape index (κ1) is 16.4. The first-order valence-corrected chi connectivity index (χ1v) is 7.88. The lowest BCUT2D eigenvalue weighted by Gasteiger charge is -2.43. The third-order valence-electron chi connectivity index (χ3n) is 4.23. The maximum absolute atomic E-state index is 14.5. The zero-order valence-electron chi connectivity index (χ0n) is 13.0. The maximum Gasteiger partial charge on any atom is 0.216 e. The maximum atomic E-state index is 14.5. The van der Waals surface area contributed by atoms with Crippen molar-refractivity contribution in [3.63, 3.8) is 0 Å². The first-order valence-electron chi connectivity index (χ1n) is 7.47. The van der Waals surface area contributed by atoms with Gasteiger partial charge in [0.05, 0.1) is 12.0 Å². The molecule has 0 saturated carbocycles. The fraction of sp³-hybridized carbons (Fsp3) is 0.222. The summed E-state index contributed by atoms with van der Waals surface area (Å²) in [5.41, 5.74) is -0.876. The fourth-order valence-corrected chi connectivity index (χ4v) is 3.61. The largest absolute Gasteiger partial charge is 0.762 e. The van der Waals surface area contributed by atoms with Crippen LogP contribution in [0.15, 0.2) is 65.5 Å². The van der Waals surface area contributed by atoms with Crippen LogP contribution in [0, 0.1) is 17.1 Å². The van der Waals surface area contributed by atoms with Gasteiger partial charge >= 0.3 is 0 Å². The molecule has 0 aliphatic carbocycles. The van der Waals surface area contributed by atoms with E-state index in [9.17, 15) is 14.8 Å². The molecule has 0 saturated heterocycles. The lowest BCUT2D eigenvalue weighted by Crippen LogP contribution is -2.63. The van der Waals surface area contributed by atoms with Crippen molar-refractivity contribution < 1.29 is 14.1 Å². The van der Waals surface area contributed by atoms with Crippen LogP contribution in [0.5, 0.6) is 0 Å². The third-order valence-corrected chi connectivity index (χ3v) is 4.56. The lowest BCUT2D eigenvalue weighted by atomic mass is 9.78. The molecule has 3 rings (SSSR count). The Bertz CT molecular complexity index is 830. The summed E-state index contributed by atoms with van der Waals surface area (Å²) in [7, 11) is 0. The van der Waals surface area contributed by atoms with E-state index in [1.165, 1.54) is 6.07 Å². The van der Waals surface area contributed by atoms with Gasteiger partial charge in [0.15, 0.2) is 18.1 Å². The molecule has 0 amide bonds. The summed E-state index contributed by atoms with van der Waals surface area (Å²) in [6, 6.07) is 13.2. The van der Waals surface area contributed by atoms with E-state index >= 15 is 0 Å². The van der Waals surface area contributed by atoms with Crippen LogP contribution in [-0.4, -0.2) is 10.8 Å². The van der Waals surface area contributed by atoms with Gasteiger partial charge in [-0.25, -0.2) is 4.39 Å². The van der Waals surface area contributed by atoms with Gasteiger partial charge in [-0.2, -0.15) is 9.83 Å². The minimum atomic E-state index is -1.45. The SMILES string of the molecule is C[C@]1(O)NC([S-])=C(C#N)[C@H](c2ccccc2F)[C@H]1[n+]1ccccc1. The molecule has 0 spiro atoms. The molecule has 0 unspecified atom stereocenters. The second-order valence-corrected chi connectivity index (χ2v) is 6.30. The van der Waals surface area contributed by atoms with E-state index in [0.717, 1.165) is 0 Å². The Labute approximate surface area is 145 Å². The van der Waals surface area contributed by atoms with Crippen molar-refractivity contribution in [1.82, 2.24) is 5.32 Å². The van der Waals surface area contributed by atoms with Crippen LogP contribution in [0.4, 0.5) is 4.39 Å². The van der Waals surface area contributed by atoms with Crippen molar-refractivity contribution in [1.29, 1.82) is 5.26 Å². The molecule has 0 radical (unpaired) electrons. The molecule has 3 atom stereocenters. The Morgan fingerprint density at radius 2 is 1.92 bits per heavy atom. The molecule has 4 nitrogen and oxygen atoms in total. The minimum absolute atomic E-state index is 0.142. The number of halogens is 1. The Hall–Kier alpha value is -2.49. The fourth-order valence-electron chi connectivity index (χ4n) is 3.23. The second kappa shape index (κ2) is 6.19. The zero-order valence-corrected chi connectivity index (χ0v) is 13.8. The molecule has 2 heterocycles. The average molecular weight is 341 g/mol. The predicted octanol–water partition coefficient (Wildman–Crippen LogP) is 2.03. The summed E-state index contributed by atoms with van der Waals surface area (Å²) < 4.78 is 16.2. The summed E-state index contributed by atoms with van der Waals surface area (Å²) >= 11 is 5.24. The van der Waals surface area contributed by atoms with Gasteiger partial charge in [-0.15, -0.1) is 0 Å². The first-order chi connectivity index (χ1) is 11.5. The number of pyridine rings is 1. The summed E-state index contributed by atoms with van der Waals surface area (Å²) in [6.45, 7) is 1.58. The lowest BCUT2D eigenvalue weighted by molar-refractivity contribution is -0.741. The molecule has 6 heteroatoms. The number of allylic oxidation sites excluding steroid dienone is 1. The van der Waals surface area contributed by atoms with Crippen LogP contribution < -0.4 is 9.88 Å². The standard InChI is InChI=1S/C18H16FN3OS/c1-18(23)16(22-9-5-2-6-10-22)15(13(11-20)17(24)21-18)12-7-3-4-8-14(12)19/h2-10,15-16,21,23H,1H3/t15-,16+,18+/m0/s1. The summed E-state index contributed by atoms with van der Waals surface area (Å²) in [5, 5.41) is 23.5. The number of aliphatic hydroxyl groups is 1.